The van der Waals surface area contributed by atoms with Gasteiger partial charge in [0.25, 0.3) is 0 Å². The highest BCUT2D eigenvalue weighted by atomic mass is 16.6. The quantitative estimate of drug-likeness (QED) is 0.368. The Morgan fingerprint density at radius 1 is 0.646 bits per heavy atom. The molecule has 1 aliphatic rings. The maximum absolute atomic E-state index is 13.1. The first-order valence-corrected chi connectivity index (χ1v) is 17.0. The molecule has 3 rings (SSSR count). The van der Waals surface area contributed by atoms with E-state index >= 15 is 0 Å². The molecule has 1 N–H and O–H groups in total. The Morgan fingerprint density at radius 3 is 1.60 bits per heavy atom. The second-order valence-corrected chi connectivity index (χ2v) is 12.1. The summed E-state index contributed by atoms with van der Waals surface area (Å²) < 4.78 is 52.2. The summed E-state index contributed by atoms with van der Waals surface area (Å²) in [5.74, 6) is 2.43. The fourth-order valence-electron chi connectivity index (χ4n) is 4.61. The predicted molar refractivity (Wildman–Crippen MR) is 180 cm³/mol. The molecule has 1 heterocycles. The van der Waals surface area contributed by atoms with Gasteiger partial charge in [0.15, 0.2) is 23.0 Å². The predicted octanol–water partition coefficient (Wildman–Crippen LogP) is 5.27. The number of hydrogen-bond donors (Lipinski definition) is 1. The number of unbranched alkanes of at least 4 members (excludes halogenated alkanes) is 3. The Hall–Kier alpha value is -3.29. The van der Waals surface area contributed by atoms with Crippen molar-refractivity contribution in [3.8, 4) is 23.0 Å². The third kappa shape index (κ3) is 16.7. The molecule has 0 atom stereocenters. The maximum Gasteiger partial charge on any atom is 0.410 e. The van der Waals surface area contributed by atoms with Crippen molar-refractivity contribution in [2.24, 2.45) is 0 Å². The average molecular weight is 678 g/mol. The van der Waals surface area contributed by atoms with E-state index in [1.807, 2.05) is 63.2 Å². The van der Waals surface area contributed by atoms with Gasteiger partial charge in [-0.25, -0.2) is 4.79 Å². The van der Waals surface area contributed by atoms with Crippen LogP contribution in [0.3, 0.4) is 0 Å². The molecule has 12 heteroatoms. The minimum absolute atomic E-state index is 0.174. The number of amides is 1. The van der Waals surface area contributed by atoms with E-state index in [0.717, 1.165) is 31.2 Å². The molecule has 0 aliphatic carbocycles. The lowest BCUT2D eigenvalue weighted by Crippen LogP contribution is -2.37. The van der Waals surface area contributed by atoms with Gasteiger partial charge in [0.2, 0.25) is 0 Å². The molecule has 2 aromatic rings. The SMILES string of the molecule is CC(C)(C)OC(=O)N(CCCCCCO)Cc1ccc2c(c1)OCCOCCOCCOc1ccccc1OCCOCCOCCO2. The number of benzene rings is 2. The van der Waals surface area contributed by atoms with Crippen LogP contribution in [0.1, 0.15) is 52.0 Å². The molecule has 0 saturated carbocycles. The van der Waals surface area contributed by atoms with Crippen LogP contribution in [0.25, 0.3) is 0 Å². The van der Waals surface area contributed by atoms with Crippen molar-refractivity contribution >= 4 is 6.09 Å². The van der Waals surface area contributed by atoms with Crippen LogP contribution in [0, 0.1) is 0 Å². The molecule has 1 aliphatic heterocycles. The number of aliphatic hydroxyl groups is 1. The zero-order chi connectivity index (χ0) is 34.3. The van der Waals surface area contributed by atoms with Gasteiger partial charge in [0.05, 0.1) is 52.9 Å². The lowest BCUT2D eigenvalue weighted by atomic mass is 10.1. The van der Waals surface area contributed by atoms with E-state index in [4.69, 9.17) is 47.7 Å². The fourth-order valence-corrected chi connectivity index (χ4v) is 4.61. The van der Waals surface area contributed by atoms with Crippen LogP contribution in [0.15, 0.2) is 42.5 Å². The van der Waals surface area contributed by atoms with Gasteiger partial charge in [-0.3, -0.25) is 0 Å². The molecule has 0 bridgehead atoms. The van der Waals surface area contributed by atoms with Crippen molar-refractivity contribution < 1.29 is 52.5 Å². The molecule has 0 aromatic heterocycles. The number of carbonyl (C=O) groups excluding carboxylic acids is 1. The first-order chi connectivity index (χ1) is 23.4. The van der Waals surface area contributed by atoms with E-state index in [-0.39, 0.29) is 12.7 Å². The second-order valence-electron chi connectivity index (χ2n) is 12.1. The largest absolute Gasteiger partial charge is 0.487 e. The Morgan fingerprint density at radius 2 is 1.10 bits per heavy atom. The molecule has 270 valence electrons. The molecule has 48 heavy (non-hydrogen) atoms. The summed E-state index contributed by atoms with van der Waals surface area (Å²) in [5, 5.41) is 9.09. The molecular formula is C36H55NO11. The summed E-state index contributed by atoms with van der Waals surface area (Å²) in [6, 6.07) is 13.2. The van der Waals surface area contributed by atoms with Crippen LogP contribution in [0.4, 0.5) is 4.79 Å². The summed E-state index contributed by atoms with van der Waals surface area (Å²) in [4.78, 5) is 14.8. The second kappa shape index (κ2) is 23.1. The molecule has 0 radical (unpaired) electrons. The minimum Gasteiger partial charge on any atom is -0.487 e. The van der Waals surface area contributed by atoms with Gasteiger partial charge in [0, 0.05) is 19.7 Å². The topological polar surface area (TPSA) is 124 Å². The summed E-state index contributed by atoms with van der Waals surface area (Å²) in [5.41, 5.74) is 0.267. The number of para-hydroxylation sites is 2. The third-order valence-electron chi connectivity index (χ3n) is 6.90. The zero-order valence-electron chi connectivity index (χ0n) is 29.0. The first-order valence-electron chi connectivity index (χ1n) is 17.0. The van der Waals surface area contributed by atoms with E-state index < -0.39 is 5.60 Å². The van der Waals surface area contributed by atoms with Gasteiger partial charge in [-0.1, -0.05) is 31.0 Å². The van der Waals surface area contributed by atoms with Crippen LogP contribution < -0.4 is 18.9 Å². The average Bonchev–Trinajstić information content (AvgIpc) is 3.05. The number of aliphatic hydroxyl groups excluding tert-OH is 1. The van der Waals surface area contributed by atoms with Crippen LogP contribution in [0.2, 0.25) is 0 Å². The fraction of sp³-hybridized carbons (Fsp3) is 0.639. The van der Waals surface area contributed by atoms with E-state index in [1.165, 1.54) is 0 Å². The van der Waals surface area contributed by atoms with Gasteiger partial charge < -0.3 is 52.6 Å². The van der Waals surface area contributed by atoms with Crippen LogP contribution in [-0.4, -0.2) is 114 Å². The number of fused-ring (bicyclic) bond motifs is 2. The van der Waals surface area contributed by atoms with Crippen LogP contribution in [-0.2, 0) is 30.2 Å². The Bertz CT molecular complexity index is 1160. The standard InChI is InChI=1S/C36H55NO11/c1-36(2,3)48-35(39)37(14-8-4-5-9-15-38)29-30-12-13-33-34(28-30)47-27-23-43-19-18-41-21-25-45-32-11-7-6-10-31(32)44-24-20-40-16-17-42-22-26-46-33/h6-7,10-13,28,38H,4-5,8-9,14-27,29H2,1-3H3. The van der Waals surface area contributed by atoms with Gasteiger partial charge in [0.1, 0.15) is 32.0 Å². The van der Waals surface area contributed by atoms with E-state index in [9.17, 15) is 4.79 Å². The van der Waals surface area contributed by atoms with Crippen molar-refractivity contribution in [3.63, 3.8) is 0 Å². The highest BCUT2D eigenvalue weighted by molar-refractivity contribution is 5.68. The summed E-state index contributed by atoms with van der Waals surface area (Å²) in [7, 11) is 0. The lowest BCUT2D eigenvalue weighted by Gasteiger charge is -2.28. The van der Waals surface area contributed by atoms with Crippen molar-refractivity contribution in [2.75, 3.05) is 92.4 Å². The highest BCUT2D eigenvalue weighted by Crippen LogP contribution is 2.30. The Kier molecular flexibility index (Phi) is 18.9. The molecular weight excluding hydrogens is 622 g/mol. The van der Waals surface area contributed by atoms with Crippen molar-refractivity contribution in [1.29, 1.82) is 0 Å². The normalized spacial score (nSPS) is 16.3. The summed E-state index contributed by atoms with van der Waals surface area (Å²) in [6.07, 6.45) is 3.02. The van der Waals surface area contributed by atoms with Gasteiger partial charge in [-0.15, -0.1) is 0 Å². The maximum atomic E-state index is 13.1. The monoisotopic (exact) mass is 677 g/mol. The molecule has 0 fully saturated rings. The molecule has 1 amide bonds. The van der Waals surface area contributed by atoms with E-state index in [0.29, 0.717) is 115 Å². The van der Waals surface area contributed by atoms with E-state index in [2.05, 4.69) is 0 Å². The van der Waals surface area contributed by atoms with Crippen LogP contribution in [0.5, 0.6) is 23.0 Å². The molecule has 0 unspecified atom stereocenters. The third-order valence-corrected chi connectivity index (χ3v) is 6.90. The lowest BCUT2D eigenvalue weighted by molar-refractivity contribution is 0.0220. The molecule has 12 nitrogen and oxygen atoms in total. The number of ether oxygens (including phenoxy) is 9. The summed E-state index contributed by atoms with van der Waals surface area (Å²) >= 11 is 0. The van der Waals surface area contributed by atoms with Crippen LogP contribution >= 0.6 is 0 Å². The Labute approximate surface area is 285 Å². The minimum atomic E-state index is -0.611. The molecule has 0 spiro atoms. The van der Waals surface area contributed by atoms with Crippen molar-refractivity contribution in [3.05, 3.63) is 48.0 Å². The van der Waals surface area contributed by atoms with Crippen molar-refractivity contribution in [1.82, 2.24) is 4.90 Å². The number of rotatable bonds is 8. The summed E-state index contributed by atoms with van der Waals surface area (Å²) in [6.45, 7) is 11.3. The number of carbonyl (C=O) groups is 1. The molecule has 2 aromatic carbocycles. The highest BCUT2D eigenvalue weighted by Gasteiger charge is 2.22. The van der Waals surface area contributed by atoms with Gasteiger partial charge >= 0.3 is 6.09 Å². The number of hydrogen-bond acceptors (Lipinski definition) is 11. The zero-order valence-corrected chi connectivity index (χ0v) is 29.0. The van der Waals surface area contributed by atoms with Gasteiger partial charge in [-0.05, 0) is 63.4 Å². The van der Waals surface area contributed by atoms with Crippen molar-refractivity contribution in [2.45, 2.75) is 58.6 Å². The first kappa shape index (κ1) is 39.2. The molecule has 0 saturated heterocycles. The number of nitrogens with zero attached hydrogens (tertiary/aromatic N) is 1. The van der Waals surface area contributed by atoms with E-state index in [1.54, 1.807) is 4.90 Å². The van der Waals surface area contributed by atoms with Gasteiger partial charge in [-0.2, -0.15) is 0 Å². The smallest absolute Gasteiger partial charge is 0.410 e. The Balaban J connectivity index is 1.59.